The summed E-state index contributed by atoms with van der Waals surface area (Å²) in [5.74, 6) is 0.395. The lowest BCUT2D eigenvalue weighted by atomic mass is 10.2. The second kappa shape index (κ2) is 11.1. The number of carbonyl (C=O) groups excluding carboxylic acids is 2. The average Bonchev–Trinajstić information content (AvgIpc) is 3.35. The van der Waals surface area contributed by atoms with Gasteiger partial charge in [-0.25, -0.2) is 9.67 Å². The van der Waals surface area contributed by atoms with Crippen LogP contribution >= 0.6 is 11.6 Å². The van der Waals surface area contributed by atoms with Crippen LogP contribution in [0.15, 0.2) is 55.1 Å². The first-order valence-electron chi connectivity index (χ1n) is 10.2. The van der Waals surface area contributed by atoms with Gasteiger partial charge in [-0.05, 0) is 61.9 Å². The third kappa shape index (κ3) is 6.33. The minimum absolute atomic E-state index is 0.232. The van der Waals surface area contributed by atoms with Gasteiger partial charge in [0, 0.05) is 17.5 Å². The summed E-state index contributed by atoms with van der Waals surface area (Å²) in [5.41, 5.74) is 1.86. The summed E-state index contributed by atoms with van der Waals surface area (Å²) in [6.07, 6.45) is 5.87. The van der Waals surface area contributed by atoms with Crippen molar-refractivity contribution < 1.29 is 19.1 Å². The van der Waals surface area contributed by atoms with E-state index in [0.717, 1.165) is 0 Å². The number of hydrogen-bond acceptors (Lipinski definition) is 6. The van der Waals surface area contributed by atoms with Gasteiger partial charge in [-0.1, -0.05) is 11.6 Å². The Morgan fingerprint density at radius 2 is 1.88 bits per heavy atom. The molecule has 0 aliphatic heterocycles. The van der Waals surface area contributed by atoms with Gasteiger partial charge in [0.1, 0.15) is 18.7 Å². The van der Waals surface area contributed by atoms with Gasteiger partial charge in [0.15, 0.2) is 11.5 Å². The molecular formula is C23H24ClN5O4. The number of rotatable bonds is 9. The summed E-state index contributed by atoms with van der Waals surface area (Å²) in [6, 6.07) is 9.70. The maximum atomic E-state index is 12.3. The predicted molar refractivity (Wildman–Crippen MR) is 127 cm³/mol. The van der Waals surface area contributed by atoms with Crippen molar-refractivity contribution in [2.45, 2.75) is 19.9 Å². The van der Waals surface area contributed by atoms with E-state index in [-0.39, 0.29) is 11.8 Å². The van der Waals surface area contributed by atoms with E-state index in [0.29, 0.717) is 40.1 Å². The minimum Gasteiger partial charge on any atom is -0.493 e. The van der Waals surface area contributed by atoms with Crippen molar-refractivity contribution in [2.24, 2.45) is 0 Å². The first-order chi connectivity index (χ1) is 15.9. The van der Waals surface area contributed by atoms with E-state index in [9.17, 15) is 9.59 Å². The van der Waals surface area contributed by atoms with Crippen LogP contribution in [0.3, 0.4) is 0 Å². The number of aromatic nitrogens is 3. The van der Waals surface area contributed by atoms with Crippen molar-refractivity contribution in [1.29, 1.82) is 0 Å². The molecule has 3 rings (SSSR count). The zero-order chi connectivity index (χ0) is 23.8. The number of halogens is 1. The molecule has 10 heteroatoms. The van der Waals surface area contributed by atoms with E-state index in [1.807, 2.05) is 6.92 Å². The average molecular weight is 470 g/mol. The number of nitrogens with one attached hydrogen (secondary N) is 2. The van der Waals surface area contributed by atoms with Crippen LogP contribution in [0.5, 0.6) is 11.5 Å². The van der Waals surface area contributed by atoms with Gasteiger partial charge in [-0.3, -0.25) is 9.59 Å². The largest absolute Gasteiger partial charge is 0.493 e. The van der Waals surface area contributed by atoms with Gasteiger partial charge in [-0.2, -0.15) is 5.10 Å². The number of amides is 2. The number of methoxy groups -OCH3 is 1. The van der Waals surface area contributed by atoms with Gasteiger partial charge in [0.2, 0.25) is 11.8 Å². The molecular weight excluding hydrogens is 446 g/mol. The van der Waals surface area contributed by atoms with Crippen LogP contribution in [-0.4, -0.2) is 40.3 Å². The number of carbonyl (C=O) groups is 2. The van der Waals surface area contributed by atoms with E-state index in [1.54, 1.807) is 49.4 Å². The van der Waals surface area contributed by atoms with Crippen molar-refractivity contribution in [3.63, 3.8) is 0 Å². The molecule has 0 aliphatic rings. The Morgan fingerprint density at radius 1 is 1.18 bits per heavy atom. The van der Waals surface area contributed by atoms with E-state index in [4.69, 9.17) is 21.1 Å². The standard InChI is InChI=1S/C23H24ClN5O4/c1-4-33-22-19(24)11-16(12-20(22)32-3)5-10-21(30)27-17-6-8-18(9-7-17)28-23(31)15(2)29-14-25-13-26-29/h5-15H,4H2,1-3H3,(H,27,30)(H,28,31)/b10-5+. The molecule has 0 saturated carbocycles. The maximum Gasteiger partial charge on any atom is 0.249 e. The van der Waals surface area contributed by atoms with Crippen molar-refractivity contribution in [1.82, 2.24) is 14.8 Å². The SMILES string of the molecule is CCOc1c(Cl)cc(/C=C/C(=O)Nc2ccc(NC(=O)C(C)n3cncn3)cc2)cc1OC. The molecule has 1 aromatic heterocycles. The summed E-state index contributed by atoms with van der Waals surface area (Å²) in [6.45, 7) is 4.03. The van der Waals surface area contributed by atoms with E-state index in [1.165, 1.54) is 30.5 Å². The Hall–Kier alpha value is -3.85. The number of nitrogens with zero attached hydrogens (tertiary/aromatic N) is 3. The summed E-state index contributed by atoms with van der Waals surface area (Å²) < 4.78 is 12.3. The molecule has 0 spiro atoms. The van der Waals surface area contributed by atoms with Gasteiger partial charge in [0.25, 0.3) is 0 Å². The maximum absolute atomic E-state index is 12.3. The van der Waals surface area contributed by atoms with E-state index in [2.05, 4.69) is 20.7 Å². The van der Waals surface area contributed by atoms with Gasteiger partial charge in [0.05, 0.1) is 18.7 Å². The third-order valence-electron chi connectivity index (χ3n) is 4.60. The number of benzene rings is 2. The topological polar surface area (TPSA) is 107 Å². The summed E-state index contributed by atoms with van der Waals surface area (Å²) in [7, 11) is 1.52. The predicted octanol–water partition coefficient (Wildman–Crippen LogP) is 4.19. The smallest absolute Gasteiger partial charge is 0.249 e. The Bertz CT molecular complexity index is 1130. The highest BCUT2D eigenvalue weighted by Crippen LogP contribution is 2.36. The van der Waals surface area contributed by atoms with Gasteiger partial charge >= 0.3 is 0 Å². The molecule has 2 aromatic carbocycles. The van der Waals surface area contributed by atoms with Gasteiger partial charge in [-0.15, -0.1) is 0 Å². The molecule has 9 nitrogen and oxygen atoms in total. The fraction of sp³-hybridized carbons (Fsp3) is 0.217. The van der Waals surface area contributed by atoms with Crippen LogP contribution in [0, 0.1) is 0 Å². The molecule has 172 valence electrons. The van der Waals surface area contributed by atoms with Gasteiger partial charge < -0.3 is 20.1 Å². The van der Waals surface area contributed by atoms with Crippen molar-refractivity contribution in [3.05, 3.63) is 65.7 Å². The number of hydrogen-bond donors (Lipinski definition) is 2. The lowest BCUT2D eigenvalue weighted by Crippen LogP contribution is -2.24. The molecule has 0 radical (unpaired) electrons. The van der Waals surface area contributed by atoms with Crippen LogP contribution in [0.25, 0.3) is 6.08 Å². The molecule has 33 heavy (non-hydrogen) atoms. The molecule has 2 amide bonds. The Morgan fingerprint density at radius 3 is 2.48 bits per heavy atom. The van der Waals surface area contributed by atoms with Crippen molar-refractivity contribution in [3.8, 4) is 11.5 Å². The number of ether oxygens (including phenoxy) is 2. The Labute approximate surface area is 196 Å². The van der Waals surface area contributed by atoms with E-state index >= 15 is 0 Å². The second-order valence-electron chi connectivity index (χ2n) is 6.91. The Balaban J connectivity index is 1.59. The molecule has 0 aliphatic carbocycles. The molecule has 0 fully saturated rings. The number of anilines is 2. The molecule has 1 atom stereocenters. The molecule has 1 heterocycles. The highest BCUT2D eigenvalue weighted by Gasteiger charge is 2.15. The van der Waals surface area contributed by atoms with Crippen LogP contribution < -0.4 is 20.1 Å². The fourth-order valence-electron chi connectivity index (χ4n) is 2.90. The first-order valence-corrected chi connectivity index (χ1v) is 10.5. The molecule has 1 unspecified atom stereocenters. The Kier molecular flexibility index (Phi) is 8.04. The molecule has 3 aromatic rings. The molecule has 0 bridgehead atoms. The monoisotopic (exact) mass is 469 g/mol. The second-order valence-corrected chi connectivity index (χ2v) is 7.31. The summed E-state index contributed by atoms with van der Waals surface area (Å²) >= 11 is 6.26. The lowest BCUT2D eigenvalue weighted by Gasteiger charge is -2.12. The van der Waals surface area contributed by atoms with Crippen molar-refractivity contribution in [2.75, 3.05) is 24.4 Å². The molecule has 2 N–H and O–H groups in total. The molecule has 0 saturated heterocycles. The normalized spacial score (nSPS) is 11.8. The fourth-order valence-corrected chi connectivity index (χ4v) is 3.17. The highest BCUT2D eigenvalue weighted by molar-refractivity contribution is 6.32. The zero-order valence-corrected chi connectivity index (χ0v) is 19.2. The first kappa shape index (κ1) is 23.8. The van der Waals surface area contributed by atoms with Crippen LogP contribution in [0.1, 0.15) is 25.5 Å². The lowest BCUT2D eigenvalue weighted by molar-refractivity contribution is -0.119. The van der Waals surface area contributed by atoms with Crippen LogP contribution in [0.2, 0.25) is 5.02 Å². The highest BCUT2D eigenvalue weighted by atomic mass is 35.5. The summed E-state index contributed by atoms with van der Waals surface area (Å²) in [5, 5.41) is 9.92. The van der Waals surface area contributed by atoms with Crippen LogP contribution in [0.4, 0.5) is 11.4 Å². The zero-order valence-electron chi connectivity index (χ0n) is 18.4. The third-order valence-corrected chi connectivity index (χ3v) is 4.88. The summed E-state index contributed by atoms with van der Waals surface area (Å²) in [4.78, 5) is 28.5. The van der Waals surface area contributed by atoms with E-state index < -0.39 is 6.04 Å². The minimum atomic E-state index is -0.508. The quantitative estimate of drug-likeness (QED) is 0.455. The van der Waals surface area contributed by atoms with Crippen molar-refractivity contribution >= 4 is 40.9 Å². The van der Waals surface area contributed by atoms with Crippen LogP contribution in [-0.2, 0) is 9.59 Å².